The Hall–Kier alpha value is -2.78. The van der Waals surface area contributed by atoms with Gasteiger partial charge >= 0.3 is 5.97 Å². The maximum absolute atomic E-state index is 13.1. The fraction of sp³-hybridized carbons (Fsp3) is 0.364. The van der Waals surface area contributed by atoms with Crippen LogP contribution >= 0.6 is 11.6 Å². The van der Waals surface area contributed by atoms with Crippen molar-refractivity contribution < 1.29 is 27.5 Å². The Morgan fingerprint density at radius 2 is 1.75 bits per heavy atom. The number of likely N-dealkylation sites (tertiary alicyclic amines) is 1. The lowest BCUT2D eigenvalue weighted by atomic mass is 9.98. The Balaban J connectivity index is 1.91. The quantitative estimate of drug-likeness (QED) is 0.631. The van der Waals surface area contributed by atoms with Crippen molar-refractivity contribution in [2.24, 2.45) is 5.92 Å². The van der Waals surface area contributed by atoms with Crippen LogP contribution in [0.2, 0.25) is 5.02 Å². The first kappa shape index (κ1) is 23.9. The Bertz CT molecular complexity index is 1130. The Kier molecular flexibility index (Phi) is 7.30. The van der Waals surface area contributed by atoms with Gasteiger partial charge in [-0.15, -0.1) is 0 Å². The zero-order valence-corrected chi connectivity index (χ0v) is 19.6. The number of rotatable bonds is 6. The fourth-order valence-corrected chi connectivity index (χ4v) is 4.74. The van der Waals surface area contributed by atoms with Gasteiger partial charge in [0.15, 0.2) is 0 Å². The maximum atomic E-state index is 13.1. The number of methoxy groups -OCH3 is 2. The van der Waals surface area contributed by atoms with Crippen LogP contribution in [0, 0.1) is 5.92 Å². The number of anilines is 1. The smallest absolute Gasteiger partial charge is 0.339 e. The first-order chi connectivity index (χ1) is 15.2. The zero-order chi connectivity index (χ0) is 23.5. The van der Waals surface area contributed by atoms with Crippen molar-refractivity contribution in [3.8, 4) is 5.75 Å². The van der Waals surface area contributed by atoms with Gasteiger partial charge < -0.3 is 14.4 Å². The molecule has 0 aliphatic carbocycles. The molecule has 2 aromatic carbocycles. The Labute approximate surface area is 192 Å². The normalized spacial score (nSPS) is 14.7. The van der Waals surface area contributed by atoms with Gasteiger partial charge in [-0.3, -0.25) is 9.52 Å². The minimum absolute atomic E-state index is 0.0271. The summed E-state index contributed by atoms with van der Waals surface area (Å²) in [6.07, 6.45) is 1.79. The molecule has 1 amide bonds. The molecule has 0 atom stereocenters. The van der Waals surface area contributed by atoms with Gasteiger partial charge in [0, 0.05) is 18.8 Å². The summed E-state index contributed by atoms with van der Waals surface area (Å²) >= 11 is 6.00. The Morgan fingerprint density at radius 3 is 2.38 bits per heavy atom. The molecule has 32 heavy (non-hydrogen) atoms. The number of esters is 1. The van der Waals surface area contributed by atoms with Crippen LogP contribution in [0.5, 0.6) is 5.75 Å². The van der Waals surface area contributed by atoms with E-state index in [0.717, 1.165) is 12.8 Å². The van der Waals surface area contributed by atoms with Crippen LogP contribution in [0.4, 0.5) is 5.69 Å². The second kappa shape index (κ2) is 9.79. The fourth-order valence-electron chi connectivity index (χ4n) is 3.47. The van der Waals surface area contributed by atoms with Gasteiger partial charge in [-0.05, 0) is 55.2 Å². The molecule has 3 rings (SSSR count). The van der Waals surface area contributed by atoms with Crippen molar-refractivity contribution in [1.82, 2.24) is 4.90 Å². The number of halogens is 1. The molecule has 0 bridgehead atoms. The topological polar surface area (TPSA) is 102 Å². The molecular formula is C22H25ClN2O6S. The number of amides is 1. The van der Waals surface area contributed by atoms with Crippen LogP contribution in [0.1, 0.15) is 40.5 Å². The molecule has 10 heteroatoms. The summed E-state index contributed by atoms with van der Waals surface area (Å²) in [6.45, 7) is 3.36. The maximum Gasteiger partial charge on any atom is 0.339 e. The monoisotopic (exact) mass is 480 g/mol. The third-order valence-electron chi connectivity index (χ3n) is 5.41. The van der Waals surface area contributed by atoms with Crippen LogP contribution in [-0.2, 0) is 14.8 Å². The van der Waals surface area contributed by atoms with E-state index in [-0.39, 0.29) is 32.6 Å². The number of carbonyl (C=O) groups is 2. The molecular weight excluding hydrogens is 456 g/mol. The van der Waals surface area contributed by atoms with E-state index in [4.69, 9.17) is 16.3 Å². The van der Waals surface area contributed by atoms with Crippen LogP contribution in [0.15, 0.2) is 41.3 Å². The third kappa shape index (κ3) is 5.16. The van der Waals surface area contributed by atoms with Crippen LogP contribution in [0.25, 0.3) is 0 Å². The van der Waals surface area contributed by atoms with Crippen molar-refractivity contribution in [2.75, 3.05) is 32.0 Å². The van der Waals surface area contributed by atoms with E-state index in [1.807, 2.05) is 0 Å². The zero-order valence-electron chi connectivity index (χ0n) is 18.1. The van der Waals surface area contributed by atoms with E-state index in [1.54, 1.807) is 4.90 Å². The SMILES string of the molecule is COC(=O)c1cc(NS(=O)(=O)c2ccc(OC)c(C(=O)N3CCC(C)CC3)c2)ccc1Cl. The summed E-state index contributed by atoms with van der Waals surface area (Å²) < 4.78 is 38.4. The second-order valence-corrected chi connectivity index (χ2v) is 9.72. The number of carbonyl (C=O) groups excluding carboxylic acids is 2. The van der Waals surface area contributed by atoms with Crippen molar-refractivity contribution in [1.29, 1.82) is 0 Å². The number of hydrogen-bond donors (Lipinski definition) is 1. The average molecular weight is 481 g/mol. The van der Waals surface area contributed by atoms with Crippen molar-refractivity contribution >= 4 is 39.2 Å². The highest BCUT2D eigenvalue weighted by atomic mass is 35.5. The molecule has 8 nitrogen and oxygen atoms in total. The van der Waals surface area contributed by atoms with Gasteiger partial charge in [0.1, 0.15) is 5.75 Å². The molecule has 1 heterocycles. The van der Waals surface area contributed by atoms with Gasteiger partial charge in [-0.2, -0.15) is 0 Å². The number of nitrogens with one attached hydrogen (secondary N) is 1. The van der Waals surface area contributed by atoms with Gasteiger partial charge in [0.25, 0.3) is 15.9 Å². The molecule has 0 saturated carbocycles. The predicted molar refractivity (Wildman–Crippen MR) is 121 cm³/mol. The molecule has 1 aliphatic heterocycles. The number of ether oxygens (including phenoxy) is 2. The molecule has 0 unspecified atom stereocenters. The van der Waals surface area contributed by atoms with Crippen LogP contribution < -0.4 is 9.46 Å². The summed E-state index contributed by atoms with van der Waals surface area (Å²) in [4.78, 5) is 26.5. The number of sulfonamides is 1. The minimum atomic E-state index is -4.07. The largest absolute Gasteiger partial charge is 0.496 e. The van der Waals surface area contributed by atoms with Gasteiger partial charge in [-0.1, -0.05) is 18.5 Å². The summed E-state index contributed by atoms with van der Waals surface area (Å²) in [6, 6.07) is 8.22. The van der Waals surface area contributed by atoms with Gasteiger partial charge in [-0.25, -0.2) is 13.2 Å². The third-order valence-corrected chi connectivity index (χ3v) is 7.11. The van der Waals surface area contributed by atoms with E-state index in [0.29, 0.717) is 24.8 Å². The highest BCUT2D eigenvalue weighted by Gasteiger charge is 2.26. The summed E-state index contributed by atoms with van der Waals surface area (Å²) in [5.74, 6) is -0.118. The first-order valence-corrected chi connectivity index (χ1v) is 11.9. The lowest BCUT2D eigenvalue weighted by molar-refractivity contribution is 0.0600. The molecule has 0 aromatic heterocycles. The lowest BCUT2D eigenvalue weighted by Gasteiger charge is -2.30. The highest BCUT2D eigenvalue weighted by molar-refractivity contribution is 7.92. The van der Waals surface area contributed by atoms with E-state index < -0.39 is 16.0 Å². The standard InChI is InChI=1S/C22H25ClN2O6S/c1-14-8-10-25(11-9-14)21(26)18-13-16(5-7-20(18)30-2)32(28,29)24-15-4-6-19(23)17(12-15)22(27)31-3/h4-7,12-14,24H,8-11H2,1-3H3. The second-order valence-electron chi connectivity index (χ2n) is 7.63. The molecule has 0 radical (unpaired) electrons. The van der Waals surface area contributed by atoms with Crippen molar-refractivity contribution in [3.05, 3.63) is 52.5 Å². The minimum Gasteiger partial charge on any atom is -0.496 e. The summed E-state index contributed by atoms with van der Waals surface area (Å²) in [5.41, 5.74) is 0.332. The molecule has 0 spiro atoms. The number of hydrogen-bond acceptors (Lipinski definition) is 6. The molecule has 1 N–H and O–H groups in total. The van der Waals surface area contributed by atoms with E-state index in [9.17, 15) is 18.0 Å². The van der Waals surface area contributed by atoms with E-state index >= 15 is 0 Å². The van der Waals surface area contributed by atoms with Crippen LogP contribution in [0.3, 0.4) is 0 Å². The molecule has 1 aliphatic rings. The van der Waals surface area contributed by atoms with E-state index in [2.05, 4.69) is 16.4 Å². The molecule has 1 saturated heterocycles. The predicted octanol–water partition coefficient (Wildman–Crippen LogP) is 3.81. The van der Waals surface area contributed by atoms with Gasteiger partial charge in [0.2, 0.25) is 0 Å². The summed E-state index contributed by atoms with van der Waals surface area (Å²) in [5, 5.41) is 0.132. The lowest BCUT2D eigenvalue weighted by Crippen LogP contribution is -2.38. The summed E-state index contributed by atoms with van der Waals surface area (Å²) in [7, 11) is -1.44. The Morgan fingerprint density at radius 1 is 1.06 bits per heavy atom. The number of benzene rings is 2. The highest BCUT2D eigenvalue weighted by Crippen LogP contribution is 2.28. The van der Waals surface area contributed by atoms with Crippen LogP contribution in [-0.4, -0.2) is 52.5 Å². The molecule has 1 fully saturated rings. The average Bonchev–Trinajstić information content (AvgIpc) is 2.79. The first-order valence-electron chi connectivity index (χ1n) is 10.0. The van der Waals surface area contributed by atoms with Gasteiger partial charge in [0.05, 0.1) is 35.3 Å². The molecule has 172 valence electrons. The van der Waals surface area contributed by atoms with E-state index in [1.165, 1.54) is 50.6 Å². The molecule has 2 aromatic rings. The number of nitrogens with zero attached hydrogens (tertiary/aromatic N) is 1. The van der Waals surface area contributed by atoms with Crippen molar-refractivity contribution in [2.45, 2.75) is 24.7 Å². The number of piperidine rings is 1. The van der Waals surface area contributed by atoms with Crippen molar-refractivity contribution in [3.63, 3.8) is 0 Å².